The zero-order valence-corrected chi connectivity index (χ0v) is 14.5. The molecule has 9 heteroatoms. The highest BCUT2D eigenvalue weighted by molar-refractivity contribution is 5.94. The summed E-state index contributed by atoms with van der Waals surface area (Å²) in [5, 5.41) is 26.4. The third kappa shape index (κ3) is 6.24. The second-order valence-electron chi connectivity index (χ2n) is 5.69. The highest BCUT2D eigenvalue weighted by Crippen LogP contribution is 2.21. The molecule has 0 spiro atoms. The number of aryl methyl sites for hydroxylation is 1. The molecule has 2 aromatic carbocycles. The molecule has 0 heterocycles. The van der Waals surface area contributed by atoms with Crippen molar-refractivity contribution in [1.29, 1.82) is 0 Å². The number of carbonyl (C=O) groups is 2. The number of nitro benzene ring substituents is 1. The summed E-state index contributed by atoms with van der Waals surface area (Å²) in [5.74, 6) is -0.746. The summed E-state index contributed by atoms with van der Waals surface area (Å²) in [6.07, 6.45) is 1.23. The maximum atomic E-state index is 11.9. The van der Waals surface area contributed by atoms with Gasteiger partial charge in [-0.1, -0.05) is 12.1 Å². The van der Waals surface area contributed by atoms with Crippen LogP contribution < -0.4 is 10.7 Å². The number of hydrazone groups is 1. The van der Waals surface area contributed by atoms with E-state index in [2.05, 4.69) is 15.8 Å². The van der Waals surface area contributed by atoms with Crippen molar-refractivity contribution in [2.45, 2.75) is 19.8 Å². The van der Waals surface area contributed by atoms with Crippen LogP contribution in [0.1, 0.15) is 24.0 Å². The molecule has 0 aliphatic carbocycles. The number of nitrogens with zero attached hydrogens (tertiary/aromatic N) is 2. The lowest BCUT2D eigenvalue weighted by Gasteiger charge is -2.08. The number of carbonyl (C=O) groups excluding carboxylic acids is 2. The molecule has 0 unspecified atom stereocenters. The molecule has 0 fully saturated rings. The zero-order chi connectivity index (χ0) is 19.8. The smallest absolute Gasteiger partial charge is 0.269 e. The topological polar surface area (TPSA) is 134 Å². The van der Waals surface area contributed by atoms with Crippen LogP contribution >= 0.6 is 0 Å². The first-order valence-corrected chi connectivity index (χ1v) is 8.01. The van der Waals surface area contributed by atoms with E-state index in [1.54, 1.807) is 19.1 Å². The molecular formula is C18H18N4O5. The normalized spacial score (nSPS) is 10.6. The number of phenolic OH excluding ortho intramolecular Hbond substituents is 1. The summed E-state index contributed by atoms with van der Waals surface area (Å²) in [7, 11) is 0. The first kappa shape index (κ1) is 19.6. The highest BCUT2D eigenvalue weighted by Gasteiger charge is 2.11. The van der Waals surface area contributed by atoms with Gasteiger partial charge in [-0.05, 0) is 36.2 Å². The van der Waals surface area contributed by atoms with Gasteiger partial charge in [0.05, 0.1) is 11.1 Å². The van der Waals surface area contributed by atoms with Crippen LogP contribution in [0.5, 0.6) is 5.75 Å². The van der Waals surface area contributed by atoms with E-state index in [9.17, 15) is 24.8 Å². The fourth-order valence-corrected chi connectivity index (χ4v) is 2.18. The summed E-state index contributed by atoms with van der Waals surface area (Å²) in [6.45, 7) is 1.64. The summed E-state index contributed by atoms with van der Waals surface area (Å²) >= 11 is 0. The molecule has 0 aliphatic rings. The van der Waals surface area contributed by atoms with Gasteiger partial charge in [-0.2, -0.15) is 5.10 Å². The third-order valence-corrected chi connectivity index (χ3v) is 3.55. The second-order valence-corrected chi connectivity index (χ2v) is 5.69. The molecule has 140 valence electrons. The molecule has 2 aromatic rings. The summed E-state index contributed by atoms with van der Waals surface area (Å²) in [5.41, 5.74) is 3.85. The minimum absolute atomic E-state index is 0.0607. The Kier molecular flexibility index (Phi) is 6.59. The van der Waals surface area contributed by atoms with E-state index in [0.29, 0.717) is 16.8 Å². The van der Waals surface area contributed by atoms with E-state index in [1.807, 2.05) is 0 Å². The van der Waals surface area contributed by atoms with Gasteiger partial charge in [0.25, 0.3) is 5.69 Å². The van der Waals surface area contributed by atoms with Gasteiger partial charge in [-0.15, -0.1) is 0 Å². The Balaban J connectivity index is 1.79. The van der Waals surface area contributed by atoms with Crippen molar-refractivity contribution in [3.05, 3.63) is 63.7 Å². The van der Waals surface area contributed by atoms with Crippen LogP contribution in [-0.4, -0.2) is 28.1 Å². The van der Waals surface area contributed by atoms with Gasteiger partial charge < -0.3 is 10.4 Å². The second kappa shape index (κ2) is 9.09. The highest BCUT2D eigenvalue weighted by atomic mass is 16.6. The Bertz CT molecular complexity index is 895. The van der Waals surface area contributed by atoms with Crippen molar-refractivity contribution in [2.24, 2.45) is 5.10 Å². The summed E-state index contributed by atoms with van der Waals surface area (Å²) < 4.78 is 0. The SMILES string of the molecule is Cc1cc([N+](=O)[O-])ccc1NC(=O)CCC(=O)NN=Cc1cccc(O)c1. The molecule has 0 aromatic heterocycles. The van der Waals surface area contributed by atoms with Crippen LogP contribution in [0.3, 0.4) is 0 Å². The third-order valence-electron chi connectivity index (χ3n) is 3.55. The van der Waals surface area contributed by atoms with Crippen LogP contribution in [0.2, 0.25) is 0 Å². The number of aromatic hydroxyl groups is 1. The Morgan fingerprint density at radius 3 is 2.59 bits per heavy atom. The van der Waals surface area contributed by atoms with Crippen molar-refractivity contribution >= 4 is 29.4 Å². The molecule has 0 atom stereocenters. The Morgan fingerprint density at radius 2 is 1.93 bits per heavy atom. The van der Waals surface area contributed by atoms with Gasteiger partial charge in [0.2, 0.25) is 11.8 Å². The van der Waals surface area contributed by atoms with Crippen LogP contribution in [-0.2, 0) is 9.59 Å². The van der Waals surface area contributed by atoms with E-state index in [4.69, 9.17) is 0 Å². The van der Waals surface area contributed by atoms with E-state index >= 15 is 0 Å². The maximum absolute atomic E-state index is 11.9. The molecule has 9 nitrogen and oxygen atoms in total. The molecule has 0 saturated heterocycles. The van der Waals surface area contributed by atoms with E-state index in [-0.39, 0.29) is 30.2 Å². The number of benzene rings is 2. The fraction of sp³-hybridized carbons (Fsp3) is 0.167. The quantitative estimate of drug-likeness (QED) is 0.391. The first-order chi connectivity index (χ1) is 12.8. The fourth-order valence-electron chi connectivity index (χ4n) is 2.18. The number of nitro groups is 1. The minimum atomic E-state index is -0.514. The van der Waals surface area contributed by atoms with Crippen molar-refractivity contribution in [3.8, 4) is 5.75 Å². The standard InChI is InChI=1S/C18H18N4O5/c1-12-9-14(22(26)27)5-6-16(12)20-17(24)7-8-18(25)21-19-11-13-3-2-4-15(23)10-13/h2-6,9-11,23H,7-8H2,1H3,(H,20,24)(H,21,25). The Labute approximate surface area is 154 Å². The lowest BCUT2D eigenvalue weighted by atomic mass is 10.1. The van der Waals surface area contributed by atoms with Crippen molar-refractivity contribution in [3.63, 3.8) is 0 Å². The average Bonchev–Trinajstić information content (AvgIpc) is 2.61. The number of hydrogen-bond acceptors (Lipinski definition) is 6. The van der Waals surface area contributed by atoms with Crippen molar-refractivity contribution < 1.29 is 19.6 Å². The van der Waals surface area contributed by atoms with Crippen LogP contribution in [0.4, 0.5) is 11.4 Å². The molecule has 0 saturated carbocycles. The number of nitrogens with one attached hydrogen (secondary N) is 2. The molecule has 27 heavy (non-hydrogen) atoms. The van der Waals surface area contributed by atoms with Crippen LogP contribution in [0, 0.1) is 17.0 Å². The number of amides is 2. The molecule has 0 radical (unpaired) electrons. The Hall–Kier alpha value is -3.75. The number of hydrogen-bond donors (Lipinski definition) is 3. The number of anilines is 1. The van der Waals surface area contributed by atoms with Crippen molar-refractivity contribution in [2.75, 3.05) is 5.32 Å². The molecular weight excluding hydrogens is 352 g/mol. The zero-order valence-electron chi connectivity index (χ0n) is 14.5. The van der Waals surface area contributed by atoms with Crippen LogP contribution in [0.15, 0.2) is 47.6 Å². The lowest BCUT2D eigenvalue weighted by molar-refractivity contribution is -0.384. The van der Waals surface area contributed by atoms with Gasteiger partial charge in [-0.25, -0.2) is 5.43 Å². The predicted octanol–water partition coefficient (Wildman–Crippen LogP) is 2.48. The maximum Gasteiger partial charge on any atom is 0.269 e. The molecule has 3 N–H and O–H groups in total. The Morgan fingerprint density at radius 1 is 1.19 bits per heavy atom. The largest absolute Gasteiger partial charge is 0.508 e. The lowest BCUT2D eigenvalue weighted by Crippen LogP contribution is -2.20. The monoisotopic (exact) mass is 370 g/mol. The molecule has 2 rings (SSSR count). The summed E-state index contributed by atoms with van der Waals surface area (Å²) in [6, 6.07) is 10.4. The number of phenols is 1. The van der Waals surface area contributed by atoms with E-state index in [1.165, 1.54) is 36.5 Å². The molecule has 0 bridgehead atoms. The van der Waals surface area contributed by atoms with Crippen molar-refractivity contribution in [1.82, 2.24) is 5.43 Å². The van der Waals surface area contributed by atoms with E-state index in [0.717, 1.165) is 0 Å². The van der Waals surface area contributed by atoms with Gasteiger partial charge in [0.15, 0.2) is 0 Å². The van der Waals surface area contributed by atoms with Crippen LogP contribution in [0.25, 0.3) is 0 Å². The van der Waals surface area contributed by atoms with Gasteiger partial charge in [0, 0.05) is 30.7 Å². The first-order valence-electron chi connectivity index (χ1n) is 8.01. The average molecular weight is 370 g/mol. The molecule has 0 aliphatic heterocycles. The van der Waals surface area contributed by atoms with Gasteiger partial charge in [-0.3, -0.25) is 19.7 Å². The minimum Gasteiger partial charge on any atom is -0.508 e. The summed E-state index contributed by atoms with van der Waals surface area (Å²) in [4.78, 5) is 33.8. The van der Waals surface area contributed by atoms with Gasteiger partial charge in [0.1, 0.15) is 5.75 Å². The number of non-ortho nitro benzene ring substituents is 1. The van der Waals surface area contributed by atoms with E-state index < -0.39 is 10.8 Å². The van der Waals surface area contributed by atoms with Gasteiger partial charge >= 0.3 is 0 Å². The number of rotatable bonds is 7. The predicted molar refractivity (Wildman–Crippen MR) is 99.5 cm³/mol. The molecule has 2 amide bonds.